The standard InChI is InChI=1S/C9H14N4O3.C6H13O9P/c10-2-1-8(14)13-7(9(15)16)3-6-4-11-5-12-6;7-1-3(8)5(10)6(11)4(9)2-15-16(12,13)14/h4-5,7H,1-3,10H2,(H,11,12)(H,13,14)(H,15,16);1,3-6,8-11H,2H2,(H2,12,13,14)/t7-;3-,4+,5+,6+/m00/s1. The summed E-state index contributed by atoms with van der Waals surface area (Å²) in [6.45, 7) is -0.768. The molecule has 0 unspecified atom stereocenters. The predicted octanol–water partition coefficient (Wildman–Crippen LogP) is -4.39. The van der Waals surface area contributed by atoms with Crippen molar-refractivity contribution >= 4 is 26.0 Å². The first kappa shape index (κ1) is 29.7. The van der Waals surface area contributed by atoms with E-state index in [4.69, 9.17) is 41.1 Å². The van der Waals surface area contributed by atoms with Crippen molar-refractivity contribution in [3.63, 3.8) is 0 Å². The van der Waals surface area contributed by atoms with Gasteiger partial charge in [0.15, 0.2) is 6.29 Å². The maximum absolute atomic E-state index is 11.2. The maximum atomic E-state index is 11.2. The summed E-state index contributed by atoms with van der Waals surface area (Å²) in [4.78, 5) is 55.2. The van der Waals surface area contributed by atoms with Gasteiger partial charge >= 0.3 is 13.8 Å². The first-order chi connectivity index (χ1) is 14.8. The molecule has 0 spiro atoms. The second kappa shape index (κ2) is 14.7. The fraction of sp³-hybridized carbons (Fsp3) is 0.600. The zero-order chi connectivity index (χ0) is 24.9. The number of carboxylic acid groups (broad SMARTS) is 1. The second-order valence-electron chi connectivity index (χ2n) is 6.24. The number of aliphatic hydroxyl groups is 4. The summed E-state index contributed by atoms with van der Waals surface area (Å²) in [5, 5.41) is 47.4. The van der Waals surface area contributed by atoms with Crippen molar-refractivity contribution in [2.45, 2.75) is 43.3 Å². The third-order valence-electron chi connectivity index (χ3n) is 3.63. The Bertz CT molecular complexity index is 743. The zero-order valence-electron chi connectivity index (χ0n) is 16.6. The van der Waals surface area contributed by atoms with Crippen LogP contribution >= 0.6 is 7.82 Å². The quantitative estimate of drug-likeness (QED) is 0.0930. The number of carbonyl (C=O) groups excluding carboxylic acids is 2. The number of rotatable bonds is 13. The molecule has 0 saturated heterocycles. The summed E-state index contributed by atoms with van der Waals surface area (Å²) in [5.41, 5.74) is 5.85. The van der Waals surface area contributed by atoms with Gasteiger partial charge in [-0.25, -0.2) is 14.3 Å². The molecular formula is C15H27N4O12P. The van der Waals surface area contributed by atoms with Crippen molar-refractivity contribution < 1.29 is 58.8 Å². The van der Waals surface area contributed by atoms with Crippen LogP contribution in [0.2, 0.25) is 0 Å². The molecule has 17 heteroatoms. The Morgan fingerprint density at radius 2 is 1.88 bits per heavy atom. The van der Waals surface area contributed by atoms with Crippen molar-refractivity contribution in [3.8, 4) is 0 Å². The van der Waals surface area contributed by atoms with Gasteiger partial charge in [0.25, 0.3) is 0 Å². The number of phosphoric acid groups is 1. The Hall–Kier alpha value is -2.27. The van der Waals surface area contributed by atoms with Gasteiger partial charge in [-0.15, -0.1) is 0 Å². The smallest absolute Gasteiger partial charge is 0.469 e. The lowest BCUT2D eigenvalue weighted by molar-refractivity contribution is -0.141. The van der Waals surface area contributed by atoms with E-state index in [0.29, 0.717) is 5.69 Å². The third kappa shape index (κ3) is 12.6. The highest BCUT2D eigenvalue weighted by Crippen LogP contribution is 2.35. The largest absolute Gasteiger partial charge is 0.480 e. The lowest BCUT2D eigenvalue weighted by Gasteiger charge is -2.23. The molecule has 0 aliphatic carbocycles. The van der Waals surface area contributed by atoms with Crippen molar-refractivity contribution in [2.24, 2.45) is 5.73 Å². The van der Waals surface area contributed by atoms with Crippen LogP contribution in [-0.4, -0.2) is 107 Å². The first-order valence-electron chi connectivity index (χ1n) is 8.89. The summed E-state index contributed by atoms with van der Waals surface area (Å²) in [5.74, 6) is -1.45. The number of carboxylic acids is 1. The molecule has 0 bridgehead atoms. The molecular weight excluding hydrogens is 459 g/mol. The number of H-pyrrole nitrogens is 1. The van der Waals surface area contributed by atoms with E-state index < -0.39 is 50.9 Å². The van der Waals surface area contributed by atoms with Gasteiger partial charge in [-0.3, -0.25) is 9.32 Å². The first-order valence-corrected chi connectivity index (χ1v) is 10.4. The number of carbonyl (C=O) groups is 3. The summed E-state index contributed by atoms with van der Waals surface area (Å²) in [6, 6.07) is -0.959. The number of nitrogens with two attached hydrogens (primary N) is 1. The molecule has 1 rings (SSSR count). The highest BCUT2D eigenvalue weighted by molar-refractivity contribution is 7.46. The number of aromatic amines is 1. The third-order valence-corrected chi connectivity index (χ3v) is 4.12. The minimum atomic E-state index is -4.80. The van der Waals surface area contributed by atoms with Crippen molar-refractivity contribution in [3.05, 3.63) is 18.2 Å². The van der Waals surface area contributed by atoms with Gasteiger partial charge in [0.05, 0.1) is 12.9 Å². The molecule has 11 N–H and O–H groups in total. The number of aldehydes is 1. The second-order valence-corrected chi connectivity index (χ2v) is 7.48. The van der Waals surface area contributed by atoms with Gasteiger partial charge in [0.1, 0.15) is 30.5 Å². The molecule has 0 aliphatic rings. The molecule has 16 nitrogen and oxygen atoms in total. The molecule has 1 amide bonds. The van der Waals surface area contributed by atoms with Gasteiger partial charge in [-0.1, -0.05) is 0 Å². The van der Waals surface area contributed by atoms with Crippen LogP contribution in [0.25, 0.3) is 0 Å². The minimum Gasteiger partial charge on any atom is -0.480 e. The highest BCUT2D eigenvalue weighted by atomic mass is 31.2. The highest BCUT2D eigenvalue weighted by Gasteiger charge is 2.31. The van der Waals surface area contributed by atoms with Crippen LogP contribution < -0.4 is 11.1 Å². The monoisotopic (exact) mass is 486 g/mol. The number of imidazole rings is 1. The molecule has 0 aromatic carbocycles. The van der Waals surface area contributed by atoms with Gasteiger partial charge in [0.2, 0.25) is 5.91 Å². The molecule has 32 heavy (non-hydrogen) atoms. The Morgan fingerprint density at radius 3 is 2.31 bits per heavy atom. The van der Waals surface area contributed by atoms with Crippen molar-refractivity contribution in [2.75, 3.05) is 13.2 Å². The summed E-state index contributed by atoms with van der Waals surface area (Å²) in [7, 11) is -4.80. The van der Waals surface area contributed by atoms with Gasteiger partial charge in [-0.05, 0) is 0 Å². The van der Waals surface area contributed by atoms with E-state index in [-0.39, 0.29) is 31.6 Å². The summed E-state index contributed by atoms with van der Waals surface area (Å²) in [6.07, 6.45) is -4.54. The minimum absolute atomic E-state index is 0.0650. The molecule has 0 radical (unpaired) electrons. The average molecular weight is 486 g/mol. The normalized spacial score (nSPS) is 16.0. The van der Waals surface area contributed by atoms with E-state index in [1.165, 1.54) is 12.5 Å². The number of aliphatic carboxylic acids is 1. The molecule has 184 valence electrons. The van der Waals surface area contributed by atoms with Crippen LogP contribution in [0.4, 0.5) is 0 Å². The van der Waals surface area contributed by atoms with Crippen molar-refractivity contribution in [1.29, 1.82) is 0 Å². The van der Waals surface area contributed by atoms with E-state index in [0.717, 1.165) is 0 Å². The number of aliphatic hydroxyl groups excluding tert-OH is 4. The summed E-state index contributed by atoms with van der Waals surface area (Å²) < 4.78 is 14.1. The molecule has 1 heterocycles. The number of aromatic nitrogens is 2. The number of hydrogen-bond donors (Lipinski definition) is 10. The lowest BCUT2D eigenvalue weighted by atomic mass is 10.0. The van der Waals surface area contributed by atoms with E-state index in [2.05, 4.69) is 19.8 Å². The van der Waals surface area contributed by atoms with E-state index >= 15 is 0 Å². The van der Waals surface area contributed by atoms with Crippen molar-refractivity contribution in [1.82, 2.24) is 15.3 Å². The van der Waals surface area contributed by atoms with Gasteiger partial charge in [-0.2, -0.15) is 0 Å². The number of phosphoric ester groups is 1. The molecule has 0 aliphatic heterocycles. The van der Waals surface area contributed by atoms with E-state index in [1.807, 2.05) is 0 Å². The Labute approximate surface area is 181 Å². The fourth-order valence-electron chi connectivity index (χ4n) is 2.00. The maximum Gasteiger partial charge on any atom is 0.469 e. The van der Waals surface area contributed by atoms with Crippen LogP contribution in [-0.2, 0) is 29.9 Å². The molecule has 1 aromatic rings. The summed E-state index contributed by atoms with van der Waals surface area (Å²) >= 11 is 0. The van der Waals surface area contributed by atoms with Gasteiger partial charge in [0, 0.05) is 31.3 Å². The number of nitrogens with zero attached hydrogens (tertiary/aromatic N) is 1. The molecule has 1 aromatic heterocycles. The van der Waals surface area contributed by atoms with Crippen LogP contribution in [0.1, 0.15) is 12.1 Å². The van der Waals surface area contributed by atoms with Crippen LogP contribution in [0.15, 0.2) is 12.5 Å². The SMILES string of the molecule is NCCC(=O)N[C@@H](Cc1cnc[nH]1)C(=O)O.O=C[C@H](O)[C@@H](O)[C@H](O)[C@H](O)COP(=O)(O)O. The molecule has 0 saturated carbocycles. The van der Waals surface area contributed by atoms with Crippen LogP contribution in [0.5, 0.6) is 0 Å². The predicted molar refractivity (Wildman–Crippen MR) is 104 cm³/mol. The van der Waals surface area contributed by atoms with Gasteiger partial charge < -0.3 is 56.1 Å². The number of amides is 1. The average Bonchev–Trinajstić information content (AvgIpc) is 3.23. The Kier molecular flexibility index (Phi) is 13.7. The molecule has 0 fully saturated rings. The van der Waals surface area contributed by atoms with Crippen LogP contribution in [0.3, 0.4) is 0 Å². The number of hydrogen-bond acceptors (Lipinski definition) is 11. The lowest BCUT2D eigenvalue weighted by Crippen LogP contribution is -2.46. The fourth-order valence-corrected chi connectivity index (χ4v) is 2.34. The van der Waals surface area contributed by atoms with Crippen LogP contribution in [0, 0.1) is 0 Å². The van der Waals surface area contributed by atoms with E-state index in [1.54, 1.807) is 0 Å². The molecule has 5 atom stereocenters. The van der Waals surface area contributed by atoms with E-state index in [9.17, 15) is 18.9 Å². The Balaban J connectivity index is 0.000000601. The number of nitrogens with one attached hydrogen (secondary N) is 2. The topological polar surface area (TPSA) is 286 Å². The Morgan fingerprint density at radius 1 is 1.25 bits per heavy atom. The zero-order valence-corrected chi connectivity index (χ0v) is 17.5.